The first-order valence-corrected chi connectivity index (χ1v) is 7.05. The number of pyridine rings is 1. The zero-order chi connectivity index (χ0) is 13.9. The van der Waals surface area contributed by atoms with Crippen molar-refractivity contribution >= 4 is 0 Å². The molecule has 2 aromatic heterocycles. The quantitative estimate of drug-likeness (QED) is 0.919. The Morgan fingerprint density at radius 2 is 2.35 bits per heavy atom. The van der Waals surface area contributed by atoms with Crippen molar-refractivity contribution in [2.45, 2.75) is 32.9 Å². The van der Waals surface area contributed by atoms with E-state index >= 15 is 0 Å². The van der Waals surface area contributed by atoms with Gasteiger partial charge in [-0.3, -0.25) is 0 Å². The monoisotopic (exact) mass is 272 g/mol. The third kappa shape index (κ3) is 2.67. The van der Waals surface area contributed by atoms with Crippen LogP contribution < -0.4 is 10.5 Å². The van der Waals surface area contributed by atoms with Gasteiger partial charge in [-0.05, 0) is 25.0 Å². The van der Waals surface area contributed by atoms with E-state index in [0.29, 0.717) is 24.9 Å². The minimum atomic E-state index is 0.507. The Morgan fingerprint density at radius 3 is 3.20 bits per heavy atom. The van der Waals surface area contributed by atoms with Crippen molar-refractivity contribution in [2.24, 2.45) is 11.7 Å². The second-order valence-corrected chi connectivity index (χ2v) is 5.34. The Kier molecular flexibility index (Phi) is 3.69. The molecule has 0 amide bonds. The standard InChI is InChI=1S/C15H20N4O/c1-11-9-18-14-6-13(3-5-19(11)14)10-20-15-7-12(8-16)2-4-17-15/h2,4,7,9,13H,3,5-6,8,10,16H2,1H3. The number of nitrogens with zero attached hydrogens (tertiary/aromatic N) is 3. The summed E-state index contributed by atoms with van der Waals surface area (Å²) >= 11 is 0. The van der Waals surface area contributed by atoms with Crippen LogP contribution in [0.1, 0.15) is 23.5 Å². The normalized spacial score (nSPS) is 17.8. The van der Waals surface area contributed by atoms with Crippen LogP contribution in [0.25, 0.3) is 0 Å². The van der Waals surface area contributed by atoms with E-state index in [2.05, 4.69) is 21.5 Å². The van der Waals surface area contributed by atoms with Gasteiger partial charge in [0.25, 0.3) is 0 Å². The molecule has 0 saturated heterocycles. The first-order valence-electron chi connectivity index (χ1n) is 7.05. The van der Waals surface area contributed by atoms with Gasteiger partial charge in [0, 0.05) is 49.6 Å². The lowest BCUT2D eigenvalue weighted by Crippen LogP contribution is -2.25. The number of hydrogen-bond donors (Lipinski definition) is 1. The fourth-order valence-corrected chi connectivity index (χ4v) is 2.65. The van der Waals surface area contributed by atoms with E-state index in [1.54, 1.807) is 6.20 Å². The van der Waals surface area contributed by atoms with Crippen LogP contribution in [0.15, 0.2) is 24.5 Å². The van der Waals surface area contributed by atoms with Gasteiger partial charge >= 0.3 is 0 Å². The molecule has 0 aromatic carbocycles. The second kappa shape index (κ2) is 5.63. The first-order chi connectivity index (χ1) is 9.76. The Morgan fingerprint density at radius 1 is 1.45 bits per heavy atom. The van der Waals surface area contributed by atoms with Gasteiger partial charge in [-0.15, -0.1) is 0 Å². The molecule has 0 saturated carbocycles. The van der Waals surface area contributed by atoms with Crippen molar-refractivity contribution in [1.29, 1.82) is 0 Å². The molecule has 3 rings (SSSR count). The molecule has 1 unspecified atom stereocenters. The zero-order valence-corrected chi connectivity index (χ0v) is 11.7. The predicted octanol–water partition coefficient (Wildman–Crippen LogP) is 1.69. The summed E-state index contributed by atoms with van der Waals surface area (Å²) in [6, 6.07) is 3.82. The average molecular weight is 272 g/mol. The van der Waals surface area contributed by atoms with E-state index in [9.17, 15) is 0 Å². The number of nitrogens with two attached hydrogens (primary N) is 1. The highest BCUT2D eigenvalue weighted by Gasteiger charge is 2.21. The maximum Gasteiger partial charge on any atom is 0.213 e. The summed E-state index contributed by atoms with van der Waals surface area (Å²) in [6.07, 6.45) is 5.80. The molecule has 3 heterocycles. The SMILES string of the molecule is Cc1cnc2n1CCC(COc1cc(CN)ccn1)C2. The molecule has 1 aliphatic rings. The maximum absolute atomic E-state index is 5.81. The Balaban J connectivity index is 1.59. The van der Waals surface area contributed by atoms with Crippen LogP contribution in [0, 0.1) is 12.8 Å². The van der Waals surface area contributed by atoms with Crippen LogP contribution in [-0.2, 0) is 19.5 Å². The van der Waals surface area contributed by atoms with Crippen molar-refractivity contribution in [1.82, 2.24) is 14.5 Å². The van der Waals surface area contributed by atoms with Crippen molar-refractivity contribution < 1.29 is 4.74 Å². The van der Waals surface area contributed by atoms with E-state index < -0.39 is 0 Å². The van der Waals surface area contributed by atoms with Gasteiger partial charge < -0.3 is 15.0 Å². The molecular weight excluding hydrogens is 252 g/mol. The molecule has 0 radical (unpaired) electrons. The Bertz CT molecular complexity index is 593. The van der Waals surface area contributed by atoms with Gasteiger partial charge in [-0.25, -0.2) is 9.97 Å². The van der Waals surface area contributed by atoms with Crippen molar-refractivity contribution in [3.63, 3.8) is 0 Å². The number of imidazole rings is 1. The van der Waals surface area contributed by atoms with E-state index in [0.717, 1.165) is 24.9 Å². The van der Waals surface area contributed by atoms with Gasteiger partial charge in [0.15, 0.2) is 0 Å². The highest BCUT2D eigenvalue weighted by molar-refractivity contribution is 5.20. The van der Waals surface area contributed by atoms with E-state index in [1.807, 2.05) is 18.3 Å². The summed E-state index contributed by atoms with van der Waals surface area (Å²) in [5.41, 5.74) is 7.91. The van der Waals surface area contributed by atoms with Gasteiger partial charge in [-0.2, -0.15) is 0 Å². The van der Waals surface area contributed by atoms with E-state index in [-0.39, 0.29) is 0 Å². The zero-order valence-electron chi connectivity index (χ0n) is 11.7. The van der Waals surface area contributed by atoms with Crippen LogP contribution >= 0.6 is 0 Å². The lowest BCUT2D eigenvalue weighted by Gasteiger charge is -2.24. The van der Waals surface area contributed by atoms with Crippen LogP contribution in [0.2, 0.25) is 0 Å². The molecule has 0 aliphatic carbocycles. The van der Waals surface area contributed by atoms with Crippen LogP contribution in [0.3, 0.4) is 0 Å². The summed E-state index contributed by atoms with van der Waals surface area (Å²) in [6.45, 7) is 4.34. The summed E-state index contributed by atoms with van der Waals surface area (Å²) in [7, 11) is 0. The lowest BCUT2D eigenvalue weighted by molar-refractivity contribution is 0.211. The van der Waals surface area contributed by atoms with Crippen LogP contribution in [0.4, 0.5) is 0 Å². The highest BCUT2D eigenvalue weighted by Crippen LogP contribution is 2.22. The molecule has 106 valence electrons. The summed E-state index contributed by atoms with van der Waals surface area (Å²) in [4.78, 5) is 8.69. The number of hydrogen-bond acceptors (Lipinski definition) is 4. The summed E-state index contributed by atoms with van der Waals surface area (Å²) in [5.74, 6) is 2.34. The molecule has 1 atom stereocenters. The second-order valence-electron chi connectivity index (χ2n) is 5.34. The smallest absolute Gasteiger partial charge is 0.213 e. The fraction of sp³-hybridized carbons (Fsp3) is 0.467. The third-order valence-corrected chi connectivity index (χ3v) is 3.87. The first kappa shape index (κ1) is 13.1. The molecule has 2 N–H and O–H groups in total. The van der Waals surface area contributed by atoms with E-state index in [4.69, 9.17) is 10.5 Å². The van der Waals surface area contributed by atoms with Gasteiger partial charge in [0.1, 0.15) is 5.82 Å². The summed E-state index contributed by atoms with van der Waals surface area (Å²) in [5, 5.41) is 0. The molecule has 1 aliphatic heterocycles. The molecule has 5 nitrogen and oxygen atoms in total. The number of aryl methyl sites for hydroxylation is 1. The molecule has 20 heavy (non-hydrogen) atoms. The molecule has 0 fully saturated rings. The molecule has 2 aromatic rings. The molecular formula is C15H20N4O. The molecule has 5 heteroatoms. The number of fused-ring (bicyclic) bond motifs is 1. The van der Waals surface area contributed by atoms with Gasteiger partial charge in [0.05, 0.1) is 6.61 Å². The number of rotatable bonds is 4. The van der Waals surface area contributed by atoms with E-state index in [1.165, 1.54) is 11.5 Å². The summed E-state index contributed by atoms with van der Waals surface area (Å²) < 4.78 is 8.10. The Labute approximate surface area is 118 Å². The van der Waals surface area contributed by atoms with Gasteiger partial charge in [-0.1, -0.05) is 0 Å². The largest absolute Gasteiger partial charge is 0.477 e. The minimum Gasteiger partial charge on any atom is -0.477 e. The topological polar surface area (TPSA) is 66.0 Å². The van der Waals surface area contributed by atoms with Crippen LogP contribution in [0.5, 0.6) is 5.88 Å². The third-order valence-electron chi connectivity index (χ3n) is 3.87. The van der Waals surface area contributed by atoms with Crippen molar-refractivity contribution in [2.75, 3.05) is 6.61 Å². The van der Waals surface area contributed by atoms with Crippen molar-refractivity contribution in [3.8, 4) is 5.88 Å². The number of aromatic nitrogens is 3. The predicted molar refractivity (Wildman–Crippen MR) is 76.4 cm³/mol. The molecule has 0 bridgehead atoms. The van der Waals surface area contributed by atoms with Gasteiger partial charge in [0.2, 0.25) is 5.88 Å². The lowest BCUT2D eigenvalue weighted by atomic mass is 9.99. The molecule has 0 spiro atoms. The minimum absolute atomic E-state index is 0.507. The Hall–Kier alpha value is -1.88. The fourth-order valence-electron chi connectivity index (χ4n) is 2.65. The highest BCUT2D eigenvalue weighted by atomic mass is 16.5. The van der Waals surface area contributed by atoms with Crippen molar-refractivity contribution in [3.05, 3.63) is 41.6 Å². The van der Waals surface area contributed by atoms with Crippen LogP contribution in [-0.4, -0.2) is 21.1 Å². The maximum atomic E-state index is 5.81. The number of ether oxygens (including phenoxy) is 1. The average Bonchev–Trinajstić information content (AvgIpc) is 2.86.